The molecule has 0 fully saturated rings. The van der Waals surface area contributed by atoms with E-state index in [9.17, 15) is 4.39 Å². The summed E-state index contributed by atoms with van der Waals surface area (Å²) in [5.74, 6) is 0. The molecule has 0 aliphatic heterocycles. The first-order chi connectivity index (χ1) is 5.97. The van der Waals surface area contributed by atoms with E-state index in [-0.39, 0.29) is 0 Å². The van der Waals surface area contributed by atoms with Gasteiger partial charge in [-0.3, -0.25) is 0 Å². The van der Waals surface area contributed by atoms with Crippen molar-refractivity contribution in [1.29, 1.82) is 0 Å². The molecular weight excluding hydrogens is 165 g/mol. The van der Waals surface area contributed by atoms with Crippen molar-refractivity contribution >= 4 is 5.69 Å². The molecule has 0 aliphatic rings. The summed E-state index contributed by atoms with van der Waals surface area (Å²) in [6, 6.07) is 7.93. The molecule has 1 aromatic carbocycles. The van der Waals surface area contributed by atoms with E-state index in [0.717, 1.165) is 5.69 Å². The van der Waals surface area contributed by atoms with Gasteiger partial charge in [0.15, 0.2) is 0 Å². The molecule has 0 aliphatic carbocycles. The maximum Gasteiger partial charge on any atom is 0.122 e. The summed E-state index contributed by atoms with van der Waals surface area (Å²) in [4.78, 5) is 0. The number of hydrogen-bond acceptors (Lipinski definition) is 1. The van der Waals surface area contributed by atoms with Gasteiger partial charge >= 0.3 is 0 Å². The predicted octanol–water partition coefficient (Wildman–Crippen LogP) is 3.16. The Hall–Kier alpha value is -1.05. The molecule has 0 saturated carbocycles. The van der Waals surface area contributed by atoms with E-state index in [1.807, 2.05) is 31.2 Å². The molecule has 0 radical (unpaired) electrons. The minimum Gasteiger partial charge on any atom is -0.382 e. The minimum atomic E-state index is -1.16. The van der Waals surface area contributed by atoms with Crippen LogP contribution in [0.15, 0.2) is 24.3 Å². The van der Waals surface area contributed by atoms with Gasteiger partial charge in [0.05, 0.1) is 0 Å². The van der Waals surface area contributed by atoms with Crippen LogP contribution in [0.3, 0.4) is 0 Å². The molecular formula is C11H16FN. The highest BCUT2D eigenvalue weighted by Gasteiger charge is 2.14. The highest BCUT2D eigenvalue weighted by atomic mass is 19.1. The SMILES string of the molecule is Cc1cccc(NCC(C)(C)F)c1. The minimum absolute atomic E-state index is 0.344. The standard InChI is InChI=1S/C11H16FN/c1-9-5-4-6-10(7-9)13-8-11(2,3)12/h4-7,13H,8H2,1-3H3. The van der Waals surface area contributed by atoms with E-state index in [4.69, 9.17) is 0 Å². The first-order valence-electron chi connectivity index (χ1n) is 4.47. The van der Waals surface area contributed by atoms with Crippen LogP contribution in [0.1, 0.15) is 19.4 Å². The van der Waals surface area contributed by atoms with Crippen molar-refractivity contribution in [2.24, 2.45) is 0 Å². The number of rotatable bonds is 3. The molecule has 0 bridgehead atoms. The lowest BCUT2D eigenvalue weighted by atomic mass is 10.1. The van der Waals surface area contributed by atoms with Crippen LogP contribution >= 0.6 is 0 Å². The van der Waals surface area contributed by atoms with E-state index in [2.05, 4.69) is 5.32 Å². The molecule has 0 unspecified atom stereocenters. The predicted molar refractivity (Wildman–Crippen MR) is 54.9 cm³/mol. The Morgan fingerprint density at radius 2 is 2.08 bits per heavy atom. The van der Waals surface area contributed by atoms with E-state index < -0.39 is 5.67 Å². The average Bonchev–Trinajstić information content (AvgIpc) is 2.00. The van der Waals surface area contributed by atoms with Crippen molar-refractivity contribution in [1.82, 2.24) is 0 Å². The molecule has 0 heterocycles. The van der Waals surface area contributed by atoms with Crippen molar-refractivity contribution in [2.75, 3.05) is 11.9 Å². The summed E-state index contributed by atoms with van der Waals surface area (Å²) in [6.07, 6.45) is 0. The molecule has 1 aromatic rings. The zero-order valence-electron chi connectivity index (χ0n) is 8.39. The van der Waals surface area contributed by atoms with Gasteiger partial charge < -0.3 is 5.32 Å². The lowest BCUT2D eigenvalue weighted by Crippen LogP contribution is -2.24. The largest absolute Gasteiger partial charge is 0.382 e. The highest BCUT2D eigenvalue weighted by Crippen LogP contribution is 2.13. The summed E-state index contributed by atoms with van der Waals surface area (Å²) in [6.45, 7) is 5.49. The normalized spacial score (nSPS) is 11.4. The number of halogens is 1. The second-order valence-corrected chi connectivity index (χ2v) is 3.94. The second kappa shape index (κ2) is 3.77. The third-order valence-electron chi connectivity index (χ3n) is 1.73. The fourth-order valence-corrected chi connectivity index (χ4v) is 1.07. The van der Waals surface area contributed by atoms with E-state index in [0.29, 0.717) is 6.54 Å². The molecule has 13 heavy (non-hydrogen) atoms. The Kier molecular flexibility index (Phi) is 2.91. The Labute approximate surface area is 79.0 Å². The average molecular weight is 181 g/mol. The Morgan fingerprint density at radius 3 is 2.62 bits per heavy atom. The fraction of sp³-hybridized carbons (Fsp3) is 0.455. The van der Waals surface area contributed by atoms with Crippen LogP contribution in [-0.4, -0.2) is 12.2 Å². The van der Waals surface area contributed by atoms with Crippen LogP contribution in [0.4, 0.5) is 10.1 Å². The third kappa shape index (κ3) is 3.92. The van der Waals surface area contributed by atoms with E-state index >= 15 is 0 Å². The molecule has 0 aromatic heterocycles. The number of benzene rings is 1. The van der Waals surface area contributed by atoms with E-state index in [1.165, 1.54) is 5.56 Å². The van der Waals surface area contributed by atoms with Crippen LogP contribution in [0.25, 0.3) is 0 Å². The van der Waals surface area contributed by atoms with Gasteiger partial charge in [0, 0.05) is 12.2 Å². The number of aryl methyl sites for hydroxylation is 1. The van der Waals surface area contributed by atoms with Crippen LogP contribution in [0.2, 0.25) is 0 Å². The molecule has 0 spiro atoms. The summed E-state index contributed by atoms with van der Waals surface area (Å²) in [7, 11) is 0. The maximum atomic E-state index is 13.1. The van der Waals surface area contributed by atoms with Gasteiger partial charge in [0.2, 0.25) is 0 Å². The topological polar surface area (TPSA) is 12.0 Å². The monoisotopic (exact) mass is 181 g/mol. The number of hydrogen-bond donors (Lipinski definition) is 1. The van der Waals surface area contributed by atoms with Crippen LogP contribution in [-0.2, 0) is 0 Å². The lowest BCUT2D eigenvalue weighted by molar-refractivity contribution is 0.235. The Balaban J connectivity index is 2.55. The molecule has 0 saturated heterocycles. The van der Waals surface area contributed by atoms with Crippen molar-refractivity contribution in [3.63, 3.8) is 0 Å². The number of nitrogens with one attached hydrogen (secondary N) is 1. The van der Waals surface area contributed by atoms with E-state index in [1.54, 1.807) is 13.8 Å². The van der Waals surface area contributed by atoms with Crippen LogP contribution < -0.4 is 5.32 Å². The Morgan fingerprint density at radius 1 is 1.38 bits per heavy atom. The van der Waals surface area contributed by atoms with Gasteiger partial charge in [-0.25, -0.2) is 4.39 Å². The second-order valence-electron chi connectivity index (χ2n) is 3.94. The lowest BCUT2D eigenvalue weighted by Gasteiger charge is -2.15. The van der Waals surface area contributed by atoms with Crippen LogP contribution in [0, 0.1) is 6.92 Å². The summed E-state index contributed by atoms with van der Waals surface area (Å²) in [5, 5.41) is 3.05. The first kappa shape index (κ1) is 10.0. The number of alkyl halides is 1. The molecule has 1 N–H and O–H groups in total. The van der Waals surface area contributed by atoms with Crippen molar-refractivity contribution in [2.45, 2.75) is 26.4 Å². The fourth-order valence-electron chi connectivity index (χ4n) is 1.07. The molecule has 2 heteroatoms. The third-order valence-corrected chi connectivity index (χ3v) is 1.73. The zero-order chi connectivity index (χ0) is 9.90. The molecule has 0 amide bonds. The zero-order valence-corrected chi connectivity index (χ0v) is 8.39. The first-order valence-corrected chi connectivity index (χ1v) is 4.47. The summed E-state index contributed by atoms with van der Waals surface area (Å²) in [5.41, 5.74) is 0.997. The van der Waals surface area contributed by atoms with Gasteiger partial charge in [-0.05, 0) is 38.5 Å². The van der Waals surface area contributed by atoms with Gasteiger partial charge in [-0.1, -0.05) is 12.1 Å². The highest BCUT2D eigenvalue weighted by molar-refractivity contribution is 5.45. The summed E-state index contributed by atoms with van der Waals surface area (Å²) < 4.78 is 13.1. The smallest absolute Gasteiger partial charge is 0.122 e. The molecule has 1 nitrogen and oxygen atoms in total. The summed E-state index contributed by atoms with van der Waals surface area (Å²) >= 11 is 0. The molecule has 1 rings (SSSR count). The Bertz CT molecular complexity index is 276. The van der Waals surface area contributed by atoms with Gasteiger partial charge in [0.1, 0.15) is 5.67 Å². The molecule has 72 valence electrons. The van der Waals surface area contributed by atoms with Gasteiger partial charge in [0.25, 0.3) is 0 Å². The number of anilines is 1. The maximum absolute atomic E-state index is 13.1. The molecule has 0 atom stereocenters. The van der Waals surface area contributed by atoms with Crippen molar-refractivity contribution < 1.29 is 4.39 Å². The van der Waals surface area contributed by atoms with Gasteiger partial charge in [-0.2, -0.15) is 0 Å². The van der Waals surface area contributed by atoms with Crippen molar-refractivity contribution in [3.05, 3.63) is 29.8 Å². The van der Waals surface area contributed by atoms with Crippen LogP contribution in [0.5, 0.6) is 0 Å². The van der Waals surface area contributed by atoms with Crippen molar-refractivity contribution in [3.8, 4) is 0 Å². The quantitative estimate of drug-likeness (QED) is 0.755. The van der Waals surface area contributed by atoms with Gasteiger partial charge in [-0.15, -0.1) is 0 Å².